The van der Waals surface area contributed by atoms with Crippen molar-refractivity contribution in [3.8, 4) is 0 Å². The van der Waals surface area contributed by atoms with Crippen LogP contribution < -0.4 is 5.32 Å². The van der Waals surface area contributed by atoms with Gasteiger partial charge in [-0.25, -0.2) is 12.8 Å². The van der Waals surface area contributed by atoms with Gasteiger partial charge in [-0.05, 0) is 60.7 Å². The Morgan fingerprint density at radius 3 is 2.24 bits per heavy atom. The minimum atomic E-state index is -3.90. The van der Waals surface area contributed by atoms with E-state index in [4.69, 9.17) is 16.0 Å². The van der Waals surface area contributed by atoms with Crippen LogP contribution in [0, 0.1) is 5.82 Å². The first-order valence-corrected chi connectivity index (χ1v) is 8.90. The van der Waals surface area contributed by atoms with Crippen molar-refractivity contribution < 1.29 is 22.0 Å². The predicted octanol–water partition coefficient (Wildman–Crippen LogP) is 4.16. The summed E-state index contributed by atoms with van der Waals surface area (Å²) in [4.78, 5) is 12.1. The molecule has 0 aliphatic carbocycles. The van der Waals surface area contributed by atoms with Gasteiger partial charge >= 0.3 is 0 Å². The van der Waals surface area contributed by atoms with Gasteiger partial charge in [-0.1, -0.05) is 11.6 Å². The highest BCUT2D eigenvalue weighted by Crippen LogP contribution is 2.24. The number of carbonyl (C=O) groups excluding carboxylic acids is 1. The third-order valence-electron chi connectivity index (χ3n) is 3.30. The highest BCUT2D eigenvalue weighted by atomic mass is 35.5. The average Bonchev–Trinajstić information content (AvgIpc) is 3.08. The van der Waals surface area contributed by atoms with E-state index in [9.17, 15) is 17.6 Å². The molecule has 0 aliphatic rings. The Morgan fingerprint density at radius 1 is 0.960 bits per heavy atom. The molecule has 1 amide bonds. The molecule has 3 rings (SSSR count). The van der Waals surface area contributed by atoms with Crippen LogP contribution in [-0.4, -0.2) is 14.3 Å². The molecule has 25 heavy (non-hydrogen) atoms. The number of rotatable bonds is 4. The maximum atomic E-state index is 12.9. The molecule has 1 N–H and O–H groups in total. The van der Waals surface area contributed by atoms with Crippen LogP contribution in [0.1, 0.15) is 10.6 Å². The van der Waals surface area contributed by atoms with E-state index in [1.54, 1.807) is 0 Å². The van der Waals surface area contributed by atoms with Crippen molar-refractivity contribution in [2.24, 2.45) is 0 Å². The standard InChI is InChI=1S/C17H11ClFNO4S/c18-11-1-7-14(8-2-11)25(22,23)16-10-9-15(24-16)17(21)20-13-5-3-12(19)4-6-13/h1-10H,(H,20,21). The molecule has 0 fully saturated rings. The Kier molecular flexibility index (Phi) is 4.61. The molecular formula is C17H11ClFNO4S. The van der Waals surface area contributed by atoms with Crippen LogP contribution in [0.3, 0.4) is 0 Å². The van der Waals surface area contributed by atoms with Gasteiger partial charge in [0.15, 0.2) is 5.76 Å². The normalized spacial score (nSPS) is 11.3. The average molecular weight is 380 g/mol. The van der Waals surface area contributed by atoms with E-state index in [0.29, 0.717) is 10.7 Å². The molecule has 5 nitrogen and oxygen atoms in total. The van der Waals surface area contributed by atoms with Gasteiger partial charge in [0.2, 0.25) is 14.9 Å². The molecule has 0 radical (unpaired) electrons. The summed E-state index contributed by atoms with van der Waals surface area (Å²) in [5, 5.41) is 2.52. The van der Waals surface area contributed by atoms with Crippen LogP contribution in [0.4, 0.5) is 10.1 Å². The van der Waals surface area contributed by atoms with Crippen LogP contribution in [0.15, 0.2) is 75.1 Å². The molecule has 0 aliphatic heterocycles. The van der Waals surface area contributed by atoms with Gasteiger partial charge in [0, 0.05) is 10.7 Å². The molecule has 1 aromatic heterocycles. The lowest BCUT2D eigenvalue weighted by Crippen LogP contribution is -2.11. The Balaban J connectivity index is 1.82. The SMILES string of the molecule is O=C(Nc1ccc(F)cc1)c1ccc(S(=O)(=O)c2ccc(Cl)cc2)o1. The van der Waals surface area contributed by atoms with Crippen molar-refractivity contribution in [3.63, 3.8) is 0 Å². The van der Waals surface area contributed by atoms with Gasteiger partial charge in [-0.3, -0.25) is 4.79 Å². The molecule has 0 saturated heterocycles. The van der Waals surface area contributed by atoms with Gasteiger partial charge < -0.3 is 9.73 Å². The Labute approximate surface area is 148 Å². The summed E-state index contributed by atoms with van der Waals surface area (Å²) >= 11 is 5.75. The first-order chi connectivity index (χ1) is 11.9. The fourth-order valence-corrected chi connectivity index (χ4v) is 3.34. The van der Waals surface area contributed by atoms with E-state index in [1.165, 1.54) is 60.7 Å². The number of amides is 1. The molecule has 0 bridgehead atoms. The number of benzene rings is 2. The summed E-state index contributed by atoms with van der Waals surface area (Å²) in [7, 11) is -3.90. The molecule has 8 heteroatoms. The van der Waals surface area contributed by atoms with Crippen molar-refractivity contribution in [3.05, 3.63) is 77.3 Å². The van der Waals surface area contributed by atoms with Gasteiger partial charge in [0.05, 0.1) is 4.90 Å². The molecular weight excluding hydrogens is 369 g/mol. The topological polar surface area (TPSA) is 76.4 Å². The van der Waals surface area contributed by atoms with Crippen molar-refractivity contribution >= 4 is 33.0 Å². The van der Waals surface area contributed by atoms with E-state index in [1.807, 2.05) is 0 Å². The summed E-state index contributed by atoms with van der Waals surface area (Å²) < 4.78 is 43.0. The quantitative estimate of drug-likeness (QED) is 0.738. The van der Waals surface area contributed by atoms with Crippen LogP contribution in [-0.2, 0) is 9.84 Å². The lowest BCUT2D eigenvalue weighted by atomic mass is 10.3. The van der Waals surface area contributed by atoms with E-state index >= 15 is 0 Å². The van der Waals surface area contributed by atoms with Crippen molar-refractivity contribution in [1.82, 2.24) is 0 Å². The minimum absolute atomic E-state index is 0.00302. The number of halogens is 2. The summed E-state index contributed by atoms with van der Waals surface area (Å²) in [6.45, 7) is 0. The van der Waals surface area contributed by atoms with Crippen molar-refractivity contribution in [2.45, 2.75) is 9.99 Å². The second-order valence-electron chi connectivity index (χ2n) is 5.04. The molecule has 0 atom stereocenters. The number of hydrogen-bond donors (Lipinski definition) is 1. The number of hydrogen-bond acceptors (Lipinski definition) is 4. The largest absolute Gasteiger partial charge is 0.439 e. The van der Waals surface area contributed by atoms with Gasteiger partial charge in [0.25, 0.3) is 5.91 Å². The molecule has 128 valence electrons. The zero-order chi connectivity index (χ0) is 18.0. The maximum absolute atomic E-state index is 12.9. The summed E-state index contributed by atoms with van der Waals surface area (Å²) in [5.74, 6) is -1.27. The van der Waals surface area contributed by atoms with E-state index in [0.717, 1.165) is 0 Å². The maximum Gasteiger partial charge on any atom is 0.291 e. The number of nitrogens with one attached hydrogen (secondary N) is 1. The Hall–Kier alpha value is -2.64. The highest BCUT2D eigenvalue weighted by Gasteiger charge is 2.23. The van der Waals surface area contributed by atoms with Crippen LogP contribution >= 0.6 is 11.6 Å². The second kappa shape index (κ2) is 6.70. The Morgan fingerprint density at radius 2 is 1.60 bits per heavy atom. The second-order valence-corrected chi connectivity index (χ2v) is 7.35. The summed E-state index contributed by atoms with van der Waals surface area (Å²) in [6, 6.07) is 13.2. The van der Waals surface area contributed by atoms with Gasteiger partial charge in [0.1, 0.15) is 5.82 Å². The summed E-state index contributed by atoms with van der Waals surface area (Å²) in [5.41, 5.74) is 0.352. The molecule has 1 heterocycles. The Bertz CT molecular complexity index is 1010. The monoisotopic (exact) mass is 379 g/mol. The lowest BCUT2D eigenvalue weighted by molar-refractivity contribution is 0.0991. The molecule has 0 unspecified atom stereocenters. The molecule has 3 aromatic rings. The van der Waals surface area contributed by atoms with Crippen LogP contribution in [0.2, 0.25) is 5.02 Å². The third kappa shape index (κ3) is 3.72. The third-order valence-corrected chi connectivity index (χ3v) is 5.19. The zero-order valence-corrected chi connectivity index (χ0v) is 14.1. The first-order valence-electron chi connectivity index (χ1n) is 7.04. The fourth-order valence-electron chi connectivity index (χ4n) is 2.04. The van der Waals surface area contributed by atoms with Gasteiger partial charge in [-0.15, -0.1) is 0 Å². The van der Waals surface area contributed by atoms with E-state index in [-0.39, 0.29) is 15.7 Å². The highest BCUT2D eigenvalue weighted by molar-refractivity contribution is 7.91. The molecule has 0 spiro atoms. The number of sulfone groups is 1. The summed E-state index contributed by atoms with van der Waals surface area (Å²) in [6.07, 6.45) is 0. The van der Waals surface area contributed by atoms with Crippen LogP contribution in [0.25, 0.3) is 0 Å². The lowest BCUT2D eigenvalue weighted by Gasteiger charge is -2.03. The zero-order valence-electron chi connectivity index (χ0n) is 12.6. The van der Waals surface area contributed by atoms with Crippen molar-refractivity contribution in [1.29, 1.82) is 0 Å². The van der Waals surface area contributed by atoms with E-state index < -0.39 is 21.6 Å². The molecule has 2 aromatic carbocycles. The first kappa shape index (κ1) is 17.2. The minimum Gasteiger partial charge on any atom is -0.439 e. The smallest absolute Gasteiger partial charge is 0.291 e. The molecule has 0 saturated carbocycles. The number of carbonyl (C=O) groups is 1. The van der Waals surface area contributed by atoms with Crippen molar-refractivity contribution in [2.75, 3.05) is 5.32 Å². The van der Waals surface area contributed by atoms with E-state index in [2.05, 4.69) is 5.32 Å². The van der Waals surface area contributed by atoms with Gasteiger partial charge in [-0.2, -0.15) is 0 Å². The van der Waals surface area contributed by atoms with Crippen LogP contribution in [0.5, 0.6) is 0 Å². The predicted molar refractivity (Wildman–Crippen MR) is 90.0 cm³/mol. The number of anilines is 1. The number of furan rings is 1. The fraction of sp³-hybridized carbons (Fsp3) is 0.